The molecule has 3 rings (SSSR count). The van der Waals surface area contributed by atoms with Crippen molar-refractivity contribution in [3.63, 3.8) is 0 Å². The number of thiazole rings is 1. The Hall–Kier alpha value is -2.18. The molecular formula is C16H12F2N2OS. The molecule has 0 bridgehead atoms. The number of rotatable bonds is 3. The largest absolute Gasteiger partial charge is 0.380 e. The predicted molar refractivity (Wildman–Crippen MR) is 80.4 cm³/mol. The Morgan fingerprint density at radius 2 is 1.86 bits per heavy atom. The number of benzene rings is 1. The highest BCUT2D eigenvalue weighted by molar-refractivity contribution is 7.15. The summed E-state index contributed by atoms with van der Waals surface area (Å²) in [5, 5.41) is 11.1. The molecule has 0 aliphatic heterocycles. The van der Waals surface area contributed by atoms with Crippen LogP contribution in [0, 0.1) is 11.6 Å². The maximum atomic E-state index is 13.8. The van der Waals surface area contributed by atoms with Crippen LogP contribution in [0.2, 0.25) is 0 Å². The number of aromatic nitrogens is 2. The molecule has 0 radical (unpaired) electrons. The quantitative estimate of drug-likeness (QED) is 0.800. The first-order chi connectivity index (χ1) is 10.5. The Bertz CT molecular complexity index is 803. The lowest BCUT2D eigenvalue weighted by Crippen LogP contribution is -2.21. The van der Waals surface area contributed by atoms with Gasteiger partial charge in [-0.2, -0.15) is 0 Å². The standard InChI is InChI=1S/C16H12F2N2OS/c1-16(21,10-4-6-19-7-5-10)14-9-20-15(22-14)12-3-2-11(17)8-13(12)18/h2-9,21H,1H3. The smallest absolute Gasteiger partial charge is 0.136 e. The third-order valence-corrected chi connectivity index (χ3v) is 4.63. The van der Waals surface area contributed by atoms with Gasteiger partial charge in [-0.05, 0) is 36.8 Å². The molecular weight excluding hydrogens is 306 g/mol. The third-order valence-electron chi connectivity index (χ3n) is 3.39. The molecule has 3 aromatic rings. The number of hydrogen-bond acceptors (Lipinski definition) is 4. The van der Waals surface area contributed by atoms with E-state index in [0.29, 0.717) is 15.4 Å². The minimum atomic E-state index is -1.25. The summed E-state index contributed by atoms with van der Waals surface area (Å²) in [5.74, 6) is -1.31. The normalized spacial score (nSPS) is 13.8. The molecule has 3 nitrogen and oxygen atoms in total. The summed E-state index contributed by atoms with van der Waals surface area (Å²) in [6.45, 7) is 1.64. The second-order valence-electron chi connectivity index (χ2n) is 4.96. The molecule has 6 heteroatoms. The third kappa shape index (κ3) is 2.63. The Labute approximate surface area is 129 Å². The number of aliphatic hydroxyl groups is 1. The van der Waals surface area contributed by atoms with Crippen LogP contribution >= 0.6 is 11.3 Å². The maximum Gasteiger partial charge on any atom is 0.136 e. The lowest BCUT2D eigenvalue weighted by Gasteiger charge is -2.21. The van der Waals surface area contributed by atoms with E-state index in [1.165, 1.54) is 18.3 Å². The fraction of sp³-hybridized carbons (Fsp3) is 0.125. The minimum absolute atomic E-state index is 0.211. The molecule has 1 N–H and O–H groups in total. The second-order valence-corrected chi connectivity index (χ2v) is 5.99. The van der Waals surface area contributed by atoms with Crippen LogP contribution in [0.15, 0.2) is 48.9 Å². The van der Waals surface area contributed by atoms with E-state index >= 15 is 0 Å². The second kappa shape index (κ2) is 5.55. The van der Waals surface area contributed by atoms with Crippen molar-refractivity contribution >= 4 is 11.3 Å². The first-order valence-electron chi connectivity index (χ1n) is 6.53. The molecule has 0 spiro atoms. The predicted octanol–water partition coefficient (Wildman–Crippen LogP) is 3.74. The SMILES string of the molecule is CC(O)(c1ccncc1)c1cnc(-c2ccc(F)cc2F)s1. The van der Waals surface area contributed by atoms with E-state index in [1.54, 1.807) is 31.5 Å². The lowest BCUT2D eigenvalue weighted by molar-refractivity contribution is 0.106. The fourth-order valence-corrected chi connectivity index (χ4v) is 3.12. The summed E-state index contributed by atoms with van der Waals surface area (Å²) in [6.07, 6.45) is 4.68. The summed E-state index contributed by atoms with van der Waals surface area (Å²) in [7, 11) is 0. The van der Waals surface area contributed by atoms with E-state index < -0.39 is 17.2 Å². The highest BCUT2D eigenvalue weighted by Gasteiger charge is 2.28. The van der Waals surface area contributed by atoms with Gasteiger partial charge in [-0.25, -0.2) is 13.8 Å². The number of halogens is 2. The molecule has 1 unspecified atom stereocenters. The van der Waals surface area contributed by atoms with Gasteiger partial charge in [-0.3, -0.25) is 4.98 Å². The van der Waals surface area contributed by atoms with Gasteiger partial charge in [-0.1, -0.05) is 0 Å². The Balaban J connectivity index is 2.00. The van der Waals surface area contributed by atoms with Gasteiger partial charge in [-0.15, -0.1) is 11.3 Å². The van der Waals surface area contributed by atoms with Gasteiger partial charge in [0.25, 0.3) is 0 Å². The molecule has 1 aromatic carbocycles. The number of pyridine rings is 1. The van der Waals surface area contributed by atoms with Crippen molar-refractivity contribution < 1.29 is 13.9 Å². The molecule has 22 heavy (non-hydrogen) atoms. The van der Waals surface area contributed by atoms with Crippen molar-refractivity contribution in [2.24, 2.45) is 0 Å². The molecule has 0 aliphatic rings. The first-order valence-corrected chi connectivity index (χ1v) is 7.35. The Kier molecular flexibility index (Phi) is 3.72. The molecule has 1 atom stereocenters. The van der Waals surface area contributed by atoms with E-state index in [0.717, 1.165) is 17.4 Å². The van der Waals surface area contributed by atoms with E-state index in [9.17, 15) is 13.9 Å². The van der Waals surface area contributed by atoms with Crippen LogP contribution in [-0.4, -0.2) is 15.1 Å². The average Bonchev–Trinajstić information content (AvgIpc) is 2.98. The molecule has 2 aromatic heterocycles. The molecule has 0 fully saturated rings. The summed E-state index contributed by atoms with van der Waals surface area (Å²) >= 11 is 1.16. The highest BCUT2D eigenvalue weighted by atomic mass is 32.1. The van der Waals surface area contributed by atoms with Crippen LogP contribution in [-0.2, 0) is 5.60 Å². The minimum Gasteiger partial charge on any atom is -0.380 e. The number of hydrogen-bond donors (Lipinski definition) is 1. The van der Waals surface area contributed by atoms with Crippen molar-refractivity contribution in [2.45, 2.75) is 12.5 Å². The lowest BCUT2D eigenvalue weighted by atomic mass is 9.96. The van der Waals surface area contributed by atoms with Crippen LogP contribution in [0.5, 0.6) is 0 Å². The van der Waals surface area contributed by atoms with E-state index in [4.69, 9.17) is 0 Å². The van der Waals surface area contributed by atoms with Crippen molar-refractivity contribution in [2.75, 3.05) is 0 Å². The van der Waals surface area contributed by atoms with Crippen LogP contribution in [0.25, 0.3) is 10.6 Å². The van der Waals surface area contributed by atoms with Crippen molar-refractivity contribution in [3.8, 4) is 10.6 Å². The van der Waals surface area contributed by atoms with Crippen LogP contribution in [0.4, 0.5) is 8.78 Å². The number of nitrogens with zero attached hydrogens (tertiary/aromatic N) is 2. The summed E-state index contributed by atoms with van der Waals surface area (Å²) in [4.78, 5) is 8.63. The van der Waals surface area contributed by atoms with E-state index in [2.05, 4.69) is 9.97 Å². The maximum absolute atomic E-state index is 13.8. The summed E-state index contributed by atoms with van der Waals surface area (Å²) in [6, 6.07) is 6.75. The summed E-state index contributed by atoms with van der Waals surface area (Å²) < 4.78 is 26.8. The average molecular weight is 318 g/mol. The van der Waals surface area contributed by atoms with Gasteiger partial charge < -0.3 is 5.11 Å². The van der Waals surface area contributed by atoms with Crippen LogP contribution in [0.3, 0.4) is 0 Å². The van der Waals surface area contributed by atoms with Gasteiger partial charge in [0.1, 0.15) is 22.2 Å². The molecule has 2 heterocycles. The van der Waals surface area contributed by atoms with E-state index in [-0.39, 0.29) is 5.56 Å². The Morgan fingerprint density at radius 1 is 1.14 bits per heavy atom. The van der Waals surface area contributed by atoms with E-state index in [1.807, 2.05) is 0 Å². The summed E-state index contributed by atoms with van der Waals surface area (Å²) in [5.41, 5.74) is -0.379. The molecule has 0 saturated carbocycles. The molecule has 0 saturated heterocycles. The topological polar surface area (TPSA) is 46.0 Å². The van der Waals surface area contributed by atoms with Crippen LogP contribution in [0.1, 0.15) is 17.4 Å². The van der Waals surface area contributed by atoms with Gasteiger partial charge in [0.05, 0.1) is 4.88 Å². The zero-order chi connectivity index (χ0) is 15.7. The first kappa shape index (κ1) is 14.7. The van der Waals surface area contributed by atoms with Gasteiger partial charge in [0, 0.05) is 30.2 Å². The zero-order valence-electron chi connectivity index (χ0n) is 11.6. The zero-order valence-corrected chi connectivity index (χ0v) is 12.4. The van der Waals surface area contributed by atoms with Crippen molar-refractivity contribution in [1.82, 2.24) is 9.97 Å². The molecule has 0 amide bonds. The van der Waals surface area contributed by atoms with Gasteiger partial charge in [0.2, 0.25) is 0 Å². The fourth-order valence-electron chi connectivity index (χ4n) is 2.11. The highest BCUT2D eigenvalue weighted by Crippen LogP contribution is 2.36. The van der Waals surface area contributed by atoms with Crippen LogP contribution < -0.4 is 0 Å². The van der Waals surface area contributed by atoms with Crippen molar-refractivity contribution in [3.05, 3.63) is 71.0 Å². The Morgan fingerprint density at radius 3 is 2.55 bits per heavy atom. The van der Waals surface area contributed by atoms with Gasteiger partial charge in [0.15, 0.2) is 0 Å². The van der Waals surface area contributed by atoms with Gasteiger partial charge >= 0.3 is 0 Å². The van der Waals surface area contributed by atoms with Crippen molar-refractivity contribution in [1.29, 1.82) is 0 Å². The molecule has 0 aliphatic carbocycles. The monoisotopic (exact) mass is 318 g/mol. The molecule has 112 valence electrons.